The lowest BCUT2D eigenvalue weighted by Gasteiger charge is -2.35. The summed E-state index contributed by atoms with van der Waals surface area (Å²) in [6, 6.07) is 0.00166. The zero-order valence-corrected chi connectivity index (χ0v) is 15.9. The SMILES string of the molecule is CC1(C)CC(NC(=O)CCCCC2CCSS2)C(C)(C)N1O. The Bertz CT molecular complexity index is 396. The first-order valence-corrected chi connectivity index (χ1v) is 10.7. The number of amides is 1. The predicted molar refractivity (Wildman–Crippen MR) is 95.3 cm³/mol. The van der Waals surface area contributed by atoms with Crippen molar-refractivity contribution in [1.82, 2.24) is 10.4 Å². The Morgan fingerprint density at radius 2 is 2.05 bits per heavy atom. The van der Waals surface area contributed by atoms with E-state index in [4.69, 9.17) is 0 Å². The number of unbranched alkanes of at least 4 members (excludes halogenated alkanes) is 1. The predicted octanol–water partition coefficient (Wildman–Crippen LogP) is 3.84. The molecule has 2 heterocycles. The van der Waals surface area contributed by atoms with E-state index in [-0.39, 0.29) is 17.5 Å². The molecule has 4 nitrogen and oxygen atoms in total. The fraction of sp³-hybridized carbons (Fsp3) is 0.938. The van der Waals surface area contributed by atoms with Crippen molar-refractivity contribution in [2.24, 2.45) is 0 Å². The Morgan fingerprint density at radius 1 is 1.32 bits per heavy atom. The molecule has 0 aromatic heterocycles. The molecular weight excluding hydrogens is 316 g/mol. The molecule has 128 valence electrons. The number of carbonyl (C=O) groups excluding carboxylic acids is 1. The van der Waals surface area contributed by atoms with E-state index >= 15 is 0 Å². The van der Waals surface area contributed by atoms with Crippen molar-refractivity contribution in [2.75, 3.05) is 5.75 Å². The molecule has 2 saturated heterocycles. The number of hydrogen-bond donors (Lipinski definition) is 2. The summed E-state index contributed by atoms with van der Waals surface area (Å²) in [7, 11) is 3.99. The van der Waals surface area contributed by atoms with Gasteiger partial charge in [0.05, 0.1) is 11.6 Å². The van der Waals surface area contributed by atoms with Crippen LogP contribution in [0, 0.1) is 0 Å². The van der Waals surface area contributed by atoms with Crippen molar-refractivity contribution < 1.29 is 10.0 Å². The van der Waals surface area contributed by atoms with Gasteiger partial charge in [-0.1, -0.05) is 28.0 Å². The molecule has 0 aromatic rings. The van der Waals surface area contributed by atoms with Crippen LogP contribution >= 0.6 is 21.6 Å². The van der Waals surface area contributed by atoms with Gasteiger partial charge in [0.1, 0.15) is 0 Å². The Kier molecular flexibility index (Phi) is 6.14. The molecule has 0 aromatic carbocycles. The third kappa shape index (κ3) is 4.34. The first-order valence-electron chi connectivity index (χ1n) is 8.30. The van der Waals surface area contributed by atoms with E-state index in [0.717, 1.165) is 24.5 Å². The van der Waals surface area contributed by atoms with E-state index in [1.807, 2.05) is 49.3 Å². The average molecular weight is 347 g/mol. The number of hydrogen-bond acceptors (Lipinski definition) is 5. The third-order valence-corrected chi connectivity index (χ3v) is 7.92. The lowest BCUT2D eigenvalue weighted by Crippen LogP contribution is -2.53. The van der Waals surface area contributed by atoms with Crippen molar-refractivity contribution in [3.63, 3.8) is 0 Å². The van der Waals surface area contributed by atoms with Gasteiger partial charge in [-0.3, -0.25) is 4.79 Å². The molecule has 2 unspecified atom stereocenters. The lowest BCUT2D eigenvalue weighted by atomic mass is 9.94. The van der Waals surface area contributed by atoms with Gasteiger partial charge in [-0.15, -0.1) is 0 Å². The van der Waals surface area contributed by atoms with Crippen LogP contribution in [0.4, 0.5) is 0 Å². The normalized spacial score (nSPS) is 30.6. The molecule has 2 fully saturated rings. The minimum absolute atomic E-state index is 0.00166. The maximum absolute atomic E-state index is 12.2. The smallest absolute Gasteiger partial charge is 0.220 e. The van der Waals surface area contributed by atoms with E-state index in [2.05, 4.69) is 5.32 Å². The van der Waals surface area contributed by atoms with Crippen molar-refractivity contribution in [2.45, 2.75) is 88.6 Å². The molecule has 2 aliphatic rings. The summed E-state index contributed by atoms with van der Waals surface area (Å²) in [4.78, 5) is 12.2. The van der Waals surface area contributed by atoms with Gasteiger partial charge in [-0.2, -0.15) is 5.06 Å². The molecule has 0 radical (unpaired) electrons. The zero-order chi connectivity index (χ0) is 16.4. The first kappa shape index (κ1) is 18.4. The van der Waals surface area contributed by atoms with Gasteiger partial charge in [-0.05, 0) is 53.4 Å². The quantitative estimate of drug-likeness (QED) is 0.565. The molecule has 22 heavy (non-hydrogen) atoms. The highest BCUT2D eigenvalue weighted by molar-refractivity contribution is 8.77. The van der Waals surface area contributed by atoms with Crippen molar-refractivity contribution in [3.05, 3.63) is 0 Å². The third-order valence-electron chi connectivity index (χ3n) is 4.92. The highest BCUT2D eigenvalue weighted by Gasteiger charge is 2.51. The number of rotatable bonds is 6. The van der Waals surface area contributed by atoms with E-state index in [9.17, 15) is 10.0 Å². The van der Waals surface area contributed by atoms with Gasteiger partial charge in [0.2, 0.25) is 5.91 Å². The summed E-state index contributed by atoms with van der Waals surface area (Å²) in [5.41, 5.74) is -0.713. The van der Waals surface area contributed by atoms with Gasteiger partial charge in [0.15, 0.2) is 0 Å². The van der Waals surface area contributed by atoms with Crippen molar-refractivity contribution >= 4 is 27.5 Å². The monoisotopic (exact) mass is 346 g/mol. The van der Waals surface area contributed by atoms with Crippen LogP contribution < -0.4 is 5.32 Å². The van der Waals surface area contributed by atoms with Crippen LogP contribution in [0.15, 0.2) is 0 Å². The largest absolute Gasteiger partial charge is 0.351 e. The van der Waals surface area contributed by atoms with Crippen LogP contribution in [0.25, 0.3) is 0 Å². The van der Waals surface area contributed by atoms with Crippen LogP contribution in [0.1, 0.15) is 66.2 Å². The Hall–Kier alpha value is 0.0900. The topological polar surface area (TPSA) is 52.6 Å². The minimum atomic E-state index is -0.420. The summed E-state index contributed by atoms with van der Waals surface area (Å²) in [5, 5.41) is 15.6. The van der Waals surface area contributed by atoms with E-state index in [1.165, 1.54) is 23.7 Å². The second-order valence-corrected chi connectivity index (χ2v) is 10.5. The van der Waals surface area contributed by atoms with Gasteiger partial charge < -0.3 is 10.5 Å². The molecule has 1 amide bonds. The fourth-order valence-corrected chi connectivity index (χ4v) is 6.51. The molecule has 2 rings (SSSR count). The van der Waals surface area contributed by atoms with E-state index < -0.39 is 5.54 Å². The molecule has 0 bridgehead atoms. The van der Waals surface area contributed by atoms with Gasteiger partial charge in [0.25, 0.3) is 0 Å². The summed E-state index contributed by atoms with van der Waals surface area (Å²) in [6.45, 7) is 8.00. The molecule has 2 N–H and O–H groups in total. The second-order valence-electron chi connectivity index (χ2n) is 7.68. The number of nitrogens with zero attached hydrogens (tertiary/aromatic N) is 1. The van der Waals surface area contributed by atoms with Crippen molar-refractivity contribution in [1.29, 1.82) is 0 Å². The average Bonchev–Trinajstić information content (AvgIpc) is 2.99. The molecule has 0 aliphatic carbocycles. The first-order chi connectivity index (χ1) is 10.2. The fourth-order valence-electron chi connectivity index (χ4n) is 3.48. The van der Waals surface area contributed by atoms with Crippen LogP contribution in [0.2, 0.25) is 0 Å². The minimum Gasteiger partial charge on any atom is -0.351 e. The van der Waals surface area contributed by atoms with E-state index in [0.29, 0.717) is 6.42 Å². The summed E-state index contributed by atoms with van der Waals surface area (Å²) < 4.78 is 0. The summed E-state index contributed by atoms with van der Waals surface area (Å²) in [5.74, 6) is 1.40. The van der Waals surface area contributed by atoms with Crippen LogP contribution in [0.5, 0.6) is 0 Å². The molecule has 0 spiro atoms. The maximum Gasteiger partial charge on any atom is 0.220 e. The molecule has 0 saturated carbocycles. The van der Waals surface area contributed by atoms with Gasteiger partial charge in [-0.25, -0.2) is 0 Å². The maximum atomic E-state index is 12.2. The van der Waals surface area contributed by atoms with Gasteiger partial charge in [0, 0.05) is 23.0 Å². The standard InChI is InChI=1S/C16H30N2O2S2/c1-15(2)11-13(16(3,4)18(15)20)17-14(19)8-6-5-7-12-9-10-21-22-12/h12-13,20H,5-11H2,1-4H3,(H,17,19). The summed E-state index contributed by atoms with van der Waals surface area (Å²) >= 11 is 0. The summed E-state index contributed by atoms with van der Waals surface area (Å²) in [6.07, 6.45) is 6.03. The number of carbonyl (C=O) groups is 1. The van der Waals surface area contributed by atoms with Crippen LogP contribution in [0.3, 0.4) is 0 Å². The highest BCUT2D eigenvalue weighted by atomic mass is 33.1. The number of hydroxylamine groups is 2. The number of nitrogens with one attached hydrogen (secondary N) is 1. The Balaban J connectivity index is 1.70. The molecular formula is C16H30N2O2S2. The molecule has 6 heteroatoms. The second kappa shape index (κ2) is 7.32. The zero-order valence-electron chi connectivity index (χ0n) is 14.2. The van der Waals surface area contributed by atoms with E-state index in [1.54, 1.807) is 0 Å². The van der Waals surface area contributed by atoms with Crippen LogP contribution in [-0.2, 0) is 4.79 Å². The Morgan fingerprint density at radius 3 is 2.59 bits per heavy atom. The lowest BCUT2D eigenvalue weighted by molar-refractivity contribution is -0.194. The highest BCUT2D eigenvalue weighted by Crippen LogP contribution is 2.40. The molecule has 2 atom stereocenters. The van der Waals surface area contributed by atoms with Gasteiger partial charge >= 0.3 is 0 Å². The van der Waals surface area contributed by atoms with Crippen LogP contribution in [-0.4, -0.2) is 44.3 Å². The molecule has 2 aliphatic heterocycles. The Labute approximate surface area is 142 Å². The van der Waals surface area contributed by atoms with Crippen molar-refractivity contribution in [3.8, 4) is 0 Å².